The molecule has 13 nitrogen and oxygen atoms in total. The second-order valence-corrected chi connectivity index (χ2v) is 8.10. The number of hydrogen-bond acceptors (Lipinski definition) is 8. The molecule has 11 N–H and O–H groups in total. The number of rotatable bonds is 15. The van der Waals surface area contributed by atoms with Gasteiger partial charge < -0.3 is 43.4 Å². The lowest BCUT2D eigenvalue weighted by atomic mass is 9.97. The Hall–Kier alpha value is -2.58. The molecule has 0 radical (unpaired) electrons. The number of nitrogens with zero attached hydrogens (tertiary/aromatic N) is 1. The molecule has 6 unspecified atom stereocenters. The van der Waals surface area contributed by atoms with Crippen molar-refractivity contribution in [3.63, 3.8) is 0 Å². The third-order valence-electron chi connectivity index (χ3n) is 4.96. The zero-order valence-corrected chi connectivity index (χ0v) is 20.0. The number of amides is 3. The van der Waals surface area contributed by atoms with Gasteiger partial charge in [-0.1, -0.05) is 20.3 Å². The fraction of sp³-hybridized carbons (Fsp3) is 0.737. The van der Waals surface area contributed by atoms with E-state index in [4.69, 9.17) is 22.3 Å². The van der Waals surface area contributed by atoms with Crippen molar-refractivity contribution in [1.29, 1.82) is 0 Å². The topological polar surface area (TPSA) is 235 Å². The van der Waals surface area contributed by atoms with E-state index in [1.54, 1.807) is 13.8 Å². The highest BCUT2D eigenvalue weighted by molar-refractivity contribution is 7.80. The van der Waals surface area contributed by atoms with Gasteiger partial charge in [-0.05, 0) is 25.7 Å². The molecule has 14 heteroatoms. The number of hydrogen-bond donors (Lipinski definition) is 9. The van der Waals surface area contributed by atoms with Gasteiger partial charge in [-0.3, -0.25) is 19.4 Å². The van der Waals surface area contributed by atoms with E-state index in [1.807, 2.05) is 0 Å². The van der Waals surface area contributed by atoms with Crippen LogP contribution in [-0.2, 0) is 19.2 Å². The van der Waals surface area contributed by atoms with Gasteiger partial charge in [-0.25, -0.2) is 4.79 Å². The number of carbonyl (C=O) groups excluding carboxylic acids is 3. The Bertz CT molecular complexity index is 702. The highest BCUT2D eigenvalue weighted by Crippen LogP contribution is 2.10. The monoisotopic (exact) mass is 491 g/mol. The van der Waals surface area contributed by atoms with Crippen molar-refractivity contribution in [3.8, 4) is 0 Å². The molecular formula is C19H37N7O6S. The Morgan fingerprint density at radius 2 is 1.55 bits per heavy atom. The number of thiol groups is 1. The summed E-state index contributed by atoms with van der Waals surface area (Å²) in [5.41, 5.74) is 16.3. The molecule has 0 aliphatic carbocycles. The maximum Gasteiger partial charge on any atom is 0.327 e. The van der Waals surface area contributed by atoms with Crippen LogP contribution in [0.2, 0.25) is 0 Å². The summed E-state index contributed by atoms with van der Waals surface area (Å²) in [6, 6.07) is -4.71. The first-order valence-electron chi connectivity index (χ1n) is 10.6. The summed E-state index contributed by atoms with van der Waals surface area (Å²) in [5.74, 6) is -4.07. The SMILES string of the molecule is CCC(C)C(NC(=O)C(NC(=O)C(N)CCCN=C(N)N)C(C)O)C(=O)NC(CS)C(=O)O. The van der Waals surface area contributed by atoms with Gasteiger partial charge in [0.1, 0.15) is 18.1 Å². The molecule has 0 saturated carbocycles. The zero-order valence-electron chi connectivity index (χ0n) is 19.2. The average molecular weight is 492 g/mol. The van der Waals surface area contributed by atoms with E-state index in [2.05, 4.69) is 33.6 Å². The van der Waals surface area contributed by atoms with Crippen molar-refractivity contribution in [2.24, 2.45) is 28.1 Å². The Morgan fingerprint density at radius 1 is 1.00 bits per heavy atom. The van der Waals surface area contributed by atoms with Crippen molar-refractivity contribution < 1.29 is 29.4 Å². The summed E-state index contributed by atoms with van der Waals surface area (Å²) in [7, 11) is 0. The van der Waals surface area contributed by atoms with Crippen LogP contribution >= 0.6 is 12.6 Å². The lowest BCUT2D eigenvalue weighted by Gasteiger charge is -2.28. The Kier molecular flexibility index (Phi) is 14.1. The van der Waals surface area contributed by atoms with Gasteiger partial charge in [-0.2, -0.15) is 12.6 Å². The molecule has 0 aliphatic heterocycles. The fourth-order valence-corrected chi connectivity index (χ4v) is 2.96. The fourth-order valence-electron chi connectivity index (χ4n) is 2.71. The average Bonchev–Trinajstić information content (AvgIpc) is 2.74. The molecule has 0 aromatic heterocycles. The highest BCUT2D eigenvalue weighted by Gasteiger charge is 2.34. The van der Waals surface area contributed by atoms with Crippen LogP contribution in [0.1, 0.15) is 40.0 Å². The van der Waals surface area contributed by atoms with E-state index >= 15 is 0 Å². The molecule has 6 atom stereocenters. The van der Waals surface area contributed by atoms with Crippen molar-refractivity contribution in [3.05, 3.63) is 0 Å². The first-order chi connectivity index (χ1) is 15.3. The van der Waals surface area contributed by atoms with Gasteiger partial charge in [0.2, 0.25) is 17.7 Å². The molecule has 0 aromatic carbocycles. The molecular weight excluding hydrogens is 454 g/mol. The minimum Gasteiger partial charge on any atom is -0.480 e. The molecule has 0 rings (SSSR count). The van der Waals surface area contributed by atoms with Crippen LogP contribution in [0.15, 0.2) is 4.99 Å². The molecule has 0 bridgehead atoms. The number of carboxylic acid groups (broad SMARTS) is 1. The summed E-state index contributed by atoms with van der Waals surface area (Å²) in [6.45, 7) is 5.07. The largest absolute Gasteiger partial charge is 0.480 e. The molecule has 0 heterocycles. The second-order valence-electron chi connectivity index (χ2n) is 7.74. The zero-order chi connectivity index (χ0) is 25.7. The quantitative estimate of drug-likeness (QED) is 0.0499. The van der Waals surface area contributed by atoms with E-state index < -0.39 is 54.0 Å². The summed E-state index contributed by atoms with van der Waals surface area (Å²) in [5, 5.41) is 26.4. The molecule has 0 spiro atoms. The highest BCUT2D eigenvalue weighted by atomic mass is 32.1. The van der Waals surface area contributed by atoms with Crippen molar-refractivity contribution in [2.45, 2.75) is 70.3 Å². The van der Waals surface area contributed by atoms with Crippen LogP contribution in [0, 0.1) is 5.92 Å². The van der Waals surface area contributed by atoms with Gasteiger partial charge in [0.15, 0.2) is 5.96 Å². The number of nitrogens with one attached hydrogen (secondary N) is 3. The van der Waals surface area contributed by atoms with Crippen LogP contribution < -0.4 is 33.2 Å². The van der Waals surface area contributed by atoms with Crippen molar-refractivity contribution in [2.75, 3.05) is 12.3 Å². The number of aliphatic hydroxyl groups excluding tert-OH is 1. The molecule has 3 amide bonds. The number of nitrogens with two attached hydrogens (primary N) is 3. The second kappa shape index (κ2) is 15.3. The first-order valence-corrected chi connectivity index (χ1v) is 11.2. The van der Waals surface area contributed by atoms with E-state index in [-0.39, 0.29) is 30.6 Å². The van der Waals surface area contributed by atoms with Gasteiger partial charge in [0, 0.05) is 12.3 Å². The van der Waals surface area contributed by atoms with Crippen LogP contribution in [-0.4, -0.2) is 82.4 Å². The number of aliphatic imine (C=N–C) groups is 1. The van der Waals surface area contributed by atoms with Crippen LogP contribution in [0.25, 0.3) is 0 Å². The Balaban J connectivity index is 5.26. The maximum absolute atomic E-state index is 12.8. The smallest absolute Gasteiger partial charge is 0.327 e. The van der Waals surface area contributed by atoms with Gasteiger partial charge in [0.25, 0.3) is 0 Å². The van der Waals surface area contributed by atoms with E-state index in [9.17, 15) is 24.3 Å². The summed E-state index contributed by atoms with van der Waals surface area (Å²) < 4.78 is 0. The van der Waals surface area contributed by atoms with Gasteiger partial charge >= 0.3 is 5.97 Å². The van der Waals surface area contributed by atoms with E-state index in [1.165, 1.54) is 6.92 Å². The molecule has 0 aromatic rings. The molecule has 0 fully saturated rings. The Labute approximate surface area is 198 Å². The van der Waals surface area contributed by atoms with E-state index in [0.29, 0.717) is 12.8 Å². The van der Waals surface area contributed by atoms with Crippen molar-refractivity contribution in [1.82, 2.24) is 16.0 Å². The van der Waals surface area contributed by atoms with Gasteiger partial charge in [0.05, 0.1) is 12.1 Å². The number of guanidine groups is 1. The normalized spacial score (nSPS) is 16.3. The van der Waals surface area contributed by atoms with Crippen LogP contribution in [0.5, 0.6) is 0 Å². The third-order valence-corrected chi connectivity index (χ3v) is 5.32. The van der Waals surface area contributed by atoms with Gasteiger partial charge in [-0.15, -0.1) is 0 Å². The standard InChI is InChI=1S/C19H37N7O6S/c1-4-9(2)13(16(29)24-12(8-33)18(31)32)25-17(30)14(10(3)27)26-15(28)11(20)6-5-7-23-19(21)22/h9-14,27,33H,4-8,20H2,1-3H3,(H,24,29)(H,25,30)(H,26,28)(H,31,32)(H4,21,22,23). The number of aliphatic hydroxyl groups is 1. The number of aliphatic carboxylic acids is 1. The van der Waals surface area contributed by atoms with Crippen molar-refractivity contribution >= 4 is 42.3 Å². The first kappa shape index (κ1) is 30.4. The summed E-state index contributed by atoms with van der Waals surface area (Å²) >= 11 is 3.90. The minimum absolute atomic E-state index is 0.0807. The number of carboxylic acids is 1. The van der Waals surface area contributed by atoms with Crippen LogP contribution in [0.4, 0.5) is 0 Å². The predicted octanol–water partition coefficient (Wildman–Crippen LogP) is -2.74. The van der Waals surface area contributed by atoms with Crippen LogP contribution in [0.3, 0.4) is 0 Å². The molecule has 0 saturated heterocycles. The lowest BCUT2D eigenvalue weighted by Crippen LogP contribution is -2.61. The molecule has 33 heavy (non-hydrogen) atoms. The summed E-state index contributed by atoms with van der Waals surface area (Å²) in [6.07, 6.45) is -0.157. The predicted molar refractivity (Wildman–Crippen MR) is 126 cm³/mol. The molecule has 0 aliphatic rings. The molecule has 190 valence electrons. The third kappa shape index (κ3) is 11.2. The lowest BCUT2D eigenvalue weighted by molar-refractivity contribution is -0.142. The Morgan fingerprint density at radius 3 is 2.00 bits per heavy atom. The summed E-state index contributed by atoms with van der Waals surface area (Å²) in [4.78, 5) is 52.8. The van der Waals surface area contributed by atoms with E-state index in [0.717, 1.165) is 0 Å². The maximum atomic E-state index is 12.8. The minimum atomic E-state index is -1.39. The number of carbonyl (C=O) groups is 4.